The van der Waals surface area contributed by atoms with E-state index in [0.717, 1.165) is 5.56 Å². The van der Waals surface area contributed by atoms with Gasteiger partial charge in [0, 0.05) is 31.8 Å². The van der Waals surface area contributed by atoms with Gasteiger partial charge in [-0.3, -0.25) is 9.80 Å². The van der Waals surface area contributed by atoms with E-state index in [1.54, 1.807) is 11.9 Å². The summed E-state index contributed by atoms with van der Waals surface area (Å²) in [6, 6.07) is 7.41. The third kappa shape index (κ3) is 5.71. The zero-order chi connectivity index (χ0) is 23.1. The largest absolute Gasteiger partial charge is 0.396 e. The molecule has 0 atom stereocenters. The molecule has 1 fully saturated rings. The molecule has 1 heterocycles. The van der Waals surface area contributed by atoms with Gasteiger partial charge in [-0.2, -0.15) is 0 Å². The summed E-state index contributed by atoms with van der Waals surface area (Å²) >= 11 is 6.07. The Balaban J connectivity index is 1.89. The standard InChI is InChI=1S/C24H33ClN4O3/c1-18-22(23(26-2)27(3)24(31)29(18)13-6-14-30)28(15-19-9-11-21(25)12-10-19)17-32-16-20-7-4-5-8-20/h9-12,20,30H,1-2,4-8,13-17H2,3H3. The molecule has 1 aliphatic carbocycles. The average Bonchev–Trinajstić information content (AvgIpc) is 3.30. The first-order chi connectivity index (χ1) is 15.5. The number of aliphatic hydroxyl groups excluding tert-OH is 1. The number of ether oxygens (including phenoxy) is 1. The third-order valence-corrected chi connectivity index (χ3v) is 6.27. The molecule has 1 saturated carbocycles. The Kier molecular flexibility index (Phi) is 8.73. The van der Waals surface area contributed by atoms with E-state index in [-0.39, 0.29) is 12.6 Å². The van der Waals surface area contributed by atoms with E-state index in [1.807, 2.05) is 29.2 Å². The minimum Gasteiger partial charge on any atom is -0.396 e. The number of urea groups is 1. The topological polar surface area (TPSA) is 68.6 Å². The molecule has 0 unspecified atom stereocenters. The fourth-order valence-corrected chi connectivity index (χ4v) is 4.40. The van der Waals surface area contributed by atoms with Gasteiger partial charge < -0.3 is 14.7 Å². The maximum absolute atomic E-state index is 12.9. The summed E-state index contributed by atoms with van der Waals surface area (Å²) in [6.07, 6.45) is 5.40. The number of benzene rings is 1. The van der Waals surface area contributed by atoms with Crippen molar-refractivity contribution in [1.82, 2.24) is 14.7 Å². The van der Waals surface area contributed by atoms with Crippen LogP contribution < -0.4 is 0 Å². The fourth-order valence-electron chi connectivity index (χ4n) is 4.27. The molecule has 2 aliphatic rings. The van der Waals surface area contributed by atoms with Gasteiger partial charge in [0.15, 0.2) is 5.82 Å². The van der Waals surface area contributed by atoms with Gasteiger partial charge in [-0.1, -0.05) is 43.2 Å². The monoisotopic (exact) mass is 460 g/mol. The molecule has 32 heavy (non-hydrogen) atoms. The van der Waals surface area contributed by atoms with Crippen molar-refractivity contribution in [2.45, 2.75) is 38.6 Å². The molecule has 1 aromatic carbocycles. The molecule has 0 saturated heterocycles. The summed E-state index contributed by atoms with van der Waals surface area (Å²) in [5.74, 6) is 1.04. The van der Waals surface area contributed by atoms with Crippen LogP contribution in [0.25, 0.3) is 0 Å². The number of carbonyl (C=O) groups excluding carboxylic acids is 1. The number of hydrogen-bond donors (Lipinski definition) is 1. The van der Waals surface area contributed by atoms with E-state index in [2.05, 4.69) is 18.3 Å². The van der Waals surface area contributed by atoms with Gasteiger partial charge in [0.1, 0.15) is 12.4 Å². The molecule has 7 nitrogen and oxygen atoms in total. The van der Waals surface area contributed by atoms with Crippen molar-refractivity contribution in [2.75, 3.05) is 33.5 Å². The first-order valence-corrected chi connectivity index (χ1v) is 11.5. The SMILES string of the molecule is C=NC1=C(N(COCC2CCCC2)Cc2ccc(Cl)cc2)C(=C)N(CCCO)C(=O)N1C. The van der Waals surface area contributed by atoms with E-state index in [9.17, 15) is 9.90 Å². The molecular weight excluding hydrogens is 428 g/mol. The Morgan fingerprint density at radius 3 is 2.59 bits per heavy atom. The zero-order valence-electron chi connectivity index (χ0n) is 18.8. The van der Waals surface area contributed by atoms with Gasteiger partial charge in [0.2, 0.25) is 0 Å². The highest BCUT2D eigenvalue weighted by molar-refractivity contribution is 6.30. The minimum absolute atomic E-state index is 0.00856. The molecule has 1 aromatic rings. The van der Waals surface area contributed by atoms with Crippen LogP contribution in [0, 0.1) is 5.92 Å². The van der Waals surface area contributed by atoms with Crippen LogP contribution in [-0.4, -0.2) is 66.1 Å². The summed E-state index contributed by atoms with van der Waals surface area (Å²) in [5, 5.41) is 9.96. The predicted octanol–water partition coefficient (Wildman–Crippen LogP) is 4.44. The van der Waals surface area contributed by atoms with Crippen molar-refractivity contribution in [3.63, 3.8) is 0 Å². The summed E-state index contributed by atoms with van der Waals surface area (Å²) in [7, 11) is 1.67. The number of amides is 2. The zero-order valence-corrected chi connectivity index (χ0v) is 19.6. The summed E-state index contributed by atoms with van der Waals surface area (Å²) in [4.78, 5) is 22.1. The second-order valence-electron chi connectivity index (χ2n) is 8.32. The van der Waals surface area contributed by atoms with Crippen LogP contribution in [-0.2, 0) is 11.3 Å². The van der Waals surface area contributed by atoms with Crippen molar-refractivity contribution in [1.29, 1.82) is 0 Å². The lowest BCUT2D eigenvalue weighted by atomic mass is 10.1. The van der Waals surface area contributed by atoms with Gasteiger partial charge in [0.05, 0.1) is 12.3 Å². The van der Waals surface area contributed by atoms with Gasteiger partial charge in [-0.25, -0.2) is 9.79 Å². The lowest BCUT2D eigenvalue weighted by Crippen LogP contribution is -2.48. The molecule has 1 aliphatic heterocycles. The van der Waals surface area contributed by atoms with Crippen molar-refractivity contribution < 1.29 is 14.6 Å². The number of aliphatic hydroxyl groups is 1. The van der Waals surface area contributed by atoms with Crippen molar-refractivity contribution in [3.05, 3.63) is 58.6 Å². The number of carbonyl (C=O) groups is 1. The molecule has 174 valence electrons. The molecule has 2 amide bonds. The minimum atomic E-state index is -0.243. The molecular formula is C24H33ClN4O3. The summed E-state index contributed by atoms with van der Waals surface area (Å²) in [6.45, 7) is 9.84. The molecule has 0 radical (unpaired) electrons. The Hall–Kier alpha value is -2.35. The van der Waals surface area contributed by atoms with Crippen molar-refractivity contribution in [2.24, 2.45) is 10.9 Å². The third-order valence-electron chi connectivity index (χ3n) is 6.01. The molecule has 0 spiro atoms. The molecule has 1 N–H and O–H groups in total. The maximum atomic E-state index is 12.9. The number of nitrogens with zero attached hydrogens (tertiary/aromatic N) is 4. The summed E-state index contributed by atoms with van der Waals surface area (Å²) in [5.41, 5.74) is 2.27. The Morgan fingerprint density at radius 2 is 1.97 bits per heavy atom. The van der Waals surface area contributed by atoms with Crippen LogP contribution in [0.4, 0.5) is 4.79 Å². The van der Waals surface area contributed by atoms with Crippen LogP contribution in [0.3, 0.4) is 0 Å². The first-order valence-electron chi connectivity index (χ1n) is 11.1. The van der Waals surface area contributed by atoms with Crippen molar-refractivity contribution >= 4 is 24.3 Å². The number of halogens is 1. The molecule has 8 heteroatoms. The quantitative estimate of drug-likeness (QED) is 0.391. The van der Waals surface area contributed by atoms with Gasteiger partial charge >= 0.3 is 6.03 Å². The van der Waals surface area contributed by atoms with E-state index in [0.29, 0.717) is 61.0 Å². The van der Waals surface area contributed by atoms with Crippen LogP contribution >= 0.6 is 11.6 Å². The number of hydrogen-bond acceptors (Lipinski definition) is 5. The first kappa shape index (κ1) is 24.3. The predicted molar refractivity (Wildman–Crippen MR) is 127 cm³/mol. The molecule has 3 rings (SSSR count). The molecule has 0 aromatic heterocycles. The Bertz CT molecular complexity index is 849. The van der Waals surface area contributed by atoms with E-state index >= 15 is 0 Å². The Morgan fingerprint density at radius 1 is 1.28 bits per heavy atom. The van der Waals surface area contributed by atoms with Gasteiger partial charge in [0.25, 0.3) is 0 Å². The second-order valence-corrected chi connectivity index (χ2v) is 8.76. The molecule has 0 bridgehead atoms. The average molecular weight is 461 g/mol. The van der Waals surface area contributed by atoms with E-state index < -0.39 is 0 Å². The van der Waals surface area contributed by atoms with Crippen LogP contribution in [0.5, 0.6) is 0 Å². The highest BCUT2D eigenvalue weighted by atomic mass is 35.5. The van der Waals surface area contributed by atoms with E-state index in [4.69, 9.17) is 16.3 Å². The van der Waals surface area contributed by atoms with Crippen LogP contribution in [0.2, 0.25) is 5.02 Å². The van der Waals surface area contributed by atoms with Gasteiger partial charge in [-0.15, -0.1) is 0 Å². The summed E-state index contributed by atoms with van der Waals surface area (Å²) < 4.78 is 6.15. The lowest BCUT2D eigenvalue weighted by molar-refractivity contribution is 0.0213. The van der Waals surface area contributed by atoms with Crippen molar-refractivity contribution in [3.8, 4) is 0 Å². The maximum Gasteiger partial charge on any atom is 0.329 e. The smallest absolute Gasteiger partial charge is 0.329 e. The van der Waals surface area contributed by atoms with Crippen LogP contribution in [0.15, 0.2) is 53.1 Å². The Labute approximate surface area is 195 Å². The lowest BCUT2D eigenvalue weighted by Gasteiger charge is -2.40. The highest BCUT2D eigenvalue weighted by Crippen LogP contribution is 2.32. The van der Waals surface area contributed by atoms with Crippen LogP contribution in [0.1, 0.15) is 37.7 Å². The van der Waals surface area contributed by atoms with E-state index in [1.165, 1.54) is 30.6 Å². The number of rotatable bonds is 11. The van der Waals surface area contributed by atoms with Gasteiger partial charge in [-0.05, 0) is 49.6 Å². The second kappa shape index (κ2) is 11.5. The fraction of sp³-hybridized carbons (Fsp3) is 0.500. The normalized spacial score (nSPS) is 17.5. The number of aliphatic imine (C=N–C) groups is 1. The highest BCUT2D eigenvalue weighted by Gasteiger charge is 2.35.